The summed E-state index contributed by atoms with van der Waals surface area (Å²) in [6, 6.07) is 22.3. The molecule has 0 heterocycles. The van der Waals surface area contributed by atoms with Crippen LogP contribution in [0.5, 0.6) is 0 Å². The van der Waals surface area contributed by atoms with Crippen molar-refractivity contribution in [1.82, 2.24) is 0 Å². The van der Waals surface area contributed by atoms with Gasteiger partial charge in [0.25, 0.3) is 0 Å². The fourth-order valence-corrected chi connectivity index (χ4v) is 3.93. The van der Waals surface area contributed by atoms with Crippen LogP contribution in [0, 0.1) is 13.8 Å². The highest BCUT2D eigenvalue weighted by atomic mass is 15.2. The molecule has 0 atom stereocenters. The minimum Gasteiger partial charge on any atom is -0.309 e. The lowest BCUT2D eigenvalue weighted by molar-refractivity contribution is 0.587. The number of aryl methyl sites for hydroxylation is 2. The number of hydrogen-bond donors (Lipinski definition) is 0. The van der Waals surface area contributed by atoms with Gasteiger partial charge in [0.2, 0.25) is 0 Å². The van der Waals surface area contributed by atoms with Gasteiger partial charge in [-0.15, -0.1) is 0 Å². The summed E-state index contributed by atoms with van der Waals surface area (Å²) < 4.78 is 24.9. The van der Waals surface area contributed by atoms with Crippen molar-refractivity contribution in [2.45, 2.75) is 66.1 Å². The van der Waals surface area contributed by atoms with E-state index in [9.17, 15) is 0 Å². The summed E-state index contributed by atoms with van der Waals surface area (Å²) in [4.78, 5) is 2.18. The standard InChI is InChI=1S/C28H35N/c1-20-14-13-15-21(2)26(20)29(24-18-11-9-16-22(24)27(3,4)5)25-19-12-10-17-23(25)28(6,7)8/h9-19H,1-8H3/i1D3. The SMILES string of the molecule is [2H]C([2H])([2H])c1cccc(C)c1N(c1ccccc1C(C)(C)C)c1ccccc1C(C)(C)C. The molecule has 0 unspecified atom stereocenters. The molecular formula is C28H35N. The Morgan fingerprint density at radius 2 is 1.07 bits per heavy atom. The van der Waals surface area contributed by atoms with Crippen LogP contribution in [-0.4, -0.2) is 0 Å². The lowest BCUT2D eigenvalue weighted by Gasteiger charge is -2.36. The fourth-order valence-electron chi connectivity index (χ4n) is 3.93. The molecule has 0 aliphatic heterocycles. The molecule has 0 aliphatic rings. The Morgan fingerprint density at radius 3 is 1.52 bits per heavy atom. The number of nitrogens with zero attached hydrogens (tertiary/aromatic N) is 1. The van der Waals surface area contributed by atoms with Crippen LogP contribution in [0.15, 0.2) is 66.7 Å². The molecule has 3 aromatic carbocycles. The van der Waals surface area contributed by atoms with Gasteiger partial charge in [-0.25, -0.2) is 0 Å². The highest BCUT2D eigenvalue weighted by Crippen LogP contribution is 2.46. The van der Waals surface area contributed by atoms with E-state index in [2.05, 4.69) is 82.8 Å². The van der Waals surface area contributed by atoms with Crippen LogP contribution in [0.2, 0.25) is 0 Å². The Bertz CT molecular complexity index is 1040. The van der Waals surface area contributed by atoms with E-state index in [1.165, 1.54) is 11.1 Å². The normalized spacial score (nSPS) is 14.1. The Balaban J connectivity index is 2.50. The average Bonchev–Trinajstić information content (AvgIpc) is 2.68. The number of benzene rings is 3. The molecule has 0 N–H and O–H groups in total. The molecule has 0 amide bonds. The molecule has 3 aromatic rings. The molecule has 0 saturated carbocycles. The van der Waals surface area contributed by atoms with Crippen molar-refractivity contribution in [3.63, 3.8) is 0 Å². The van der Waals surface area contributed by atoms with Crippen LogP contribution in [0.4, 0.5) is 17.1 Å². The molecule has 0 aromatic heterocycles. The topological polar surface area (TPSA) is 3.24 Å². The summed E-state index contributed by atoms with van der Waals surface area (Å²) in [5.74, 6) is 0. The summed E-state index contributed by atoms with van der Waals surface area (Å²) in [5.41, 5.74) is 6.17. The van der Waals surface area contributed by atoms with Crippen molar-refractivity contribution in [3.05, 3.63) is 89.0 Å². The largest absolute Gasteiger partial charge is 0.309 e. The zero-order valence-corrected chi connectivity index (χ0v) is 18.8. The van der Waals surface area contributed by atoms with Gasteiger partial charge in [-0.05, 0) is 59.0 Å². The zero-order chi connectivity index (χ0) is 23.9. The van der Waals surface area contributed by atoms with Crippen molar-refractivity contribution in [2.75, 3.05) is 4.90 Å². The third kappa shape index (κ3) is 4.24. The van der Waals surface area contributed by atoms with Gasteiger partial charge < -0.3 is 4.90 Å². The predicted octanol–water partition coefficient (Wildman–Crippen LogP) is 8.37. The average molecular weight is 389 g/mol. The van der Waals surface area contributed by atoms with Crippen molar-refractivity contribution in [3.8, 4) is 0 Å². The summed E-state index contributed by atoms with van der Waals surface area (Å²) in [7, 11) is 0. The third-order valence-electron chi connectivity index (χ3n) is 5.37. The van der Waals surface area contributed by atoms with Crippen LogP contribution in [-0.2, 0) is 10.8 Å². The van der Waals surface area contributed by atoms with Gasteiger partial charge >= 0.3 is 0 Å². The highest BCUT2D eigenvalue weighted by molar-refractivity contribution is 5.84. The van der Waals surface area contributed by atoms with E-state index in [1.807, 2.05) is 31.2 Å². The Hall–Kier alpha value is -2.54. The Labute approximate surface area is 181 Å². The van der Waals surface area contributed by atoms with Crippen molar-refractivity contribution in [2.24, 2.45) is 0 Å². The molecule has 0 fully saturated rings. The minimum atomic E-state index is -2.23. The Kier molecular flexibility index (Phi) is 4.60. The van der Waals surface area contributed by atoms with E-state index in [0.29, 0.717) is 5.56 Å². The predicted molar refractivity (Wildman–Crippen MR) is 128 cm³/mol. The van der Waals surface area contributed by atoms with E-state index in [0.717, 1.165) is 22.6 Å². The molecule has 0 radical (unpaired) electrons. The number of anilines is 3. The van der Waals surface area contributed by atoms with Gasteiger partial charge in [-0.3, -0.25) is 0 Å². The van der Waals surface area contributed by atoms with Crippen LogP contribution in [0.1, 0.15) is 67.9 Å². The second-order valence-corrected chi connectivity index (χ2v) is 9.84. The van der Waals surface area contributed by atoms with Crippen LogP contribution in [0.3, 0.4) is 0 Å². The number of para-hydroxylation sites is 3. The van der Waals surface area contributed by atoms with Crippen LogP contribution in [0.25, 0.3) is 0 Å². The molecule has 0 aliphatic carbocycles. The molecule has 0 saturated heterocycles. The number of hydrogen-bond acceptors (Lipinski definition) is 1. The van der Waals surface area contributed by atoms with Gasteiger partial charge in [0.1, 0.15) is 0 Å². The van der Waals surface area contributed by atoms with Crippen LogP contribution >= 0.6 is 0 Å². The highest BCUT2D eigenvalue weighted by Gasteiger charge is 2.28. The lowest BCUT2D eigenvalue weighted by atomic mass is 9.83. The summed E-state index contributed by atoms with van der Waals surface area (Å²) >= 11 is 0. The molecule has 1 nitrogen and oxygen atoms in total. The van der Waals surface area contributed by atoms with Gasteiger partial charge in [0, 0.05) is 15.5 Å². The van der Waals surface area contributed by atoms with Gasteiger partial charge in [0.05, 0.1) is 5.69 Å². The van der Waals surface area contributed by atoms with Crippen molar-refractivity contribution >= 4 is 17.1 Å². The van der Waals surface area contributed by atoms with E-state index >= 15 is 0 Å². The molecule has 3 rings (SSSR count). The van der Waals surface area contributed by atoms with E-state index < -0.39 is 6.85 Å². The quantitative estimate of drug-likeness (QED) is 0.435. The Morgan fingerprint density at radius 1 is 0.621 bits per heavy atom. The summed E-state index contributed by atoms with van der Waals surface area (Å²) in [6.07, 6.45) is 0. The monoisotopic (exact) mass is 388 g/mol. The first-order valence-corrected chi connectivity index (χ1v) is 10.3. The maximum absolute atomic E-state index is 8.29. The first-order valence-electron chi connectivity index (χ1n) is 11.8. The van der Waals surface area contributed by atoms with E-state index in [4.69, 9.17) is 4.11 Å². The molecule has 152 valence electrons. The lowest BCUT2D eigenvalue weighted by Crippen LogP contribution is -2.23. The zero-order valence-electron chi connectivity index (χ0n) is 21.8. The molecule has 0 spiro atoms. The molecular weight excluding hydrogens is 350 g/mol. The maximum Gasteiger partial charge on any atom is 0.0520 e. The first-order chi connectivity index (χ1) is 14.7. The van der Waals surface area contributed by atoms with Gasteiger partial charge in [-0.1, -0.05) is 96.1 Å². The van der Waals surface area contributed by atoms with E-state index in [1.54, 1.807) is 6.07 Å². The van der Waals surface area contributed by atoms with Crippen molar-refractivity contribution < 1.29 is 4.11 Å². The second-order valence-electron chi connectivity index (χ2n) is 9.84. The fraction of sp³-hybridized carbons (Fsp3) is 0.357. The molecule has 1 heteroatoms. The molecule has 0 bridgehead atoms. The van der Waals surface area contributed by atoms with Gasteiger partial charge in [0.15, 0.2) is 0 Å². The summed E-state index contributed by atoms with van der Waals surface area (Å²) in [5, 5.41) is 0. The smallest absolute Gasteiger partial charge is 0.0520 e. The minimum absolute atomic E-state index is 0.117. The summed E-state index contributed by atoms with van der Waals surface area (Å²) in [6.45, 7) is 12.9. The van der Waals surface area contributed by atoms with Crippen LogP contribution < -0.4 is 4.90 Å². The maximum atomic E-state index is 8.29. The third-order valence-corrected chi connectivity index (χ3v) is 5.37. The first kappa shape index (κ1) is 17.3. The van der Waals surface area contributed by atoms with Gasteiger partial charge in [-0.2, -0.15) is 0 Å². The second kappa shape index (κ2) is 7.71. The van der Waals surface area contributed by atoms with E-state index in [-0.39, 0.29) is 10.8 Å². The molecule has 29 heavy (non-hydrogen) atoms. The number of rotatable bonds is 3. The van der Waals surface area contributed by atoms with Crippen molar-refractivity contribution in [1.29, 1.82) is 0 Å².